The van der Waals surface area contributed by atoms with Crippen LogP contribution >= 0.6 is 11.6 Å². The Bertz CT molecular complexity index is 1120. The zero-order chi connectivity index (χ0) is 18.4. The Hall–Kier alpha value is -3.19. The van der Waals surface area contributed by atoms with Gasteiger partial charge in [0.15, 0.2) is 0 Å². The minimum absolute atomic E-state index is 0.0270. The van der Waals surface area contributed by atoms with Crippen LogP contribution in [0, 0.1) is 0 Å². The summed E-state index contributed by atoms with van der Waals surface area (Å²) >= 11 is 5.97. The fourth-order valence-corrected chi connectivity index (χ4v) is 3.20. The van der Waals surface area contributed by atoms with Crippen molar-refractivity contribution < 1.29 is 19.4 Å². The second-order valence-corrected chi connectivity index (χ2v) is 6.31. The van der Waals surface area contributed by atoms with Crippen molar-refractivity contribution in [3.63, 3.8) is 0 Å². The number of benzene rings is 1. The van der Waals surface area contributed by atoms with Crippen molar-refractivity contribution in [3.05, 3.63) is 74.7 Å². The van der Waals surface area contributed by atoms with Crippen molar-refractivity contribution in [2.75, 3.05) is 0 Å². The summed E-state index contributed by atoms with van der Waals surface area (Å²) in [4.78, 5) is 40.2. The van der Waals surface area contributed by atoms with Crippen molar-refractivity contribution in [2.24, 2.45) is 0 Å². The molecule has 1 N–H and O–H groups in total. The zero-order valence-corrected chi connectivity index (χ0v) is 13.9. The topological polar surface area (TPSA) is 98.0 Å². The molecule has 1 atom stereocenters. The maximum Gasteiger partial charge on any atom is 0.335 e. The van der Waals surface area contributed by atoms with E-state index in [1.807, 2.05) is 0 Å². The molecule has 3 heterocycles. The maximum absolute atomic E-state index is 13.0. The predicted octanol–water partition coefficient (Wildman–Crippen LogP) is 2.49. The summed E-state index contributed by atoms with van der Waals surface area (Å²) in [6.07, 6.45) is 1.41. The highest BCUT2D eigenvalue weighted by Gasteiger charge is 2.33. The van der Waals surface area contributed by atoms with Crippen LogP contribution in [0.3, 0.4) is 0 Å². The Morgan fingerprint density at radius 1 is 1.19 bits per heavy atom. The lowest BCUT2D eigenvalue weighted by Crippen LogP contribution is -2.31. The number of rotatable bonds is 2. The van der Waals surface area contributed by atoms with E-state index in [9.17, 15) is 14.4 Å². The van der Waals surface area contributed by atoms with Crippen molar-refractivity contribution in [1.29, 1.82) is 0 Å². The molecule has 0 unspecified atom stereocenters. The molecule has 4 rings (SSSR count). The van der Waals surface area contributed by atoms with Crippen molar-refractivity contribution in [3.8, 4) is 5.88 Å². The molecule has 0 radical (unpaired) electrons. The summed E-state index contributed by atoms with van der Waals surface area (Å²) in [6.45, 7) is 0. The number of halogens is 1. The molecule has 26 heavy (non-hydrogen) atoms. The summed E-state index contributed by atoms with van der Waals surface area (Å²) < 4.78 is 6.48. The molecule has 0 fully saturated rings. The first-order valence-corrected chi connectivity index (χ1v) is 8.07. The molecule has 0 aliphatic carbocycles. The fraction of sp³-hybridized carbons (Fsp3) is 0.111. The molecular formula is C18H11ClN2O5. The number of nitrogens with zero attached hydrogens (tertiary/aromatic N) is 2. The first kappa shape index (κ1) is 16.3. The molecule has 0 saturated carbocycles. The average molecular weight is 371 g/mol. The van der Waals surface area contributed by atoms with E-state index in [1.54, 1.807) is 24.3 Å². The van der Waals surface area contributed by atoms with Crippen LogP contribution in [0.15, 0.2) is 47.4 Å². The van der Waals surface area contributed by atoms with Gasteiger partial charge in [-0.2, -0.15) is 4.98 Å². The molecule has 130 valence electrons. The van der Waals surface area contributed by atoms with E-state index in [0.717, 1.165) is 0 Å². The third kappa shape index (κ3) is 2.62. The second kappa shape index (κ2) is 5.96. The number of carboxylic acid groups (broad SMARTS) is 1. The van der Waals surface area contributed by atoms with Gasteiger partial charge in [0.2, 0.25) is 5.88 Å². The van der Waals surface area contributed by atoms with Crippen LogP contribution in [0.2, 0.25) is 5.02 Å². The Morgan fingerprint density at radius 2 is 1.92 bits per heavy atom. The molecule has 3 aromatic rings. The number of ether oxygens (including phenoxy) is 1. The molecule has 0 saturated heterocycles. The Kier molecular flexibility index (Phi) is 3.73. The van der Waals surface area contributed by atoms with E-state index in [4.69, 9.17) is 21.4 Å². The number of carboxylic acids is 1. The molecular weight excluding hydrogens is 360 g/mol. The van der Waals surface area contributed by atoms with Crippen LogP contribution < -0.4 is 10.3 Å². The minimum Gasteiger partial charge on any atom is -0.478 e. The number of aromatic carboxylic acids is 1. The molecule has 0 amide bonds. The van der Waals surface area contributed by atoms with E-state index >= 15 is 0 Å². The SMILES string of the molecule is O=C1C[C@@H](c2ccc(C(=O)O)cc2)c2c(nc3ccc(Cl)cn3c2=O)O1. The normalized spacial score (nSPS) is 16.2. The van der Waals surface area contributed by atoms with Gasteiger partial charge in [0, 0.05) is 12.1 Å². The summed E-state index contributed by atoms with van der Waals surface area (Å²) in [5.41, 5.74) is 0.925. The first-order valence-electron chi connectivity index (χ1n) is 7.70. The van der Waals surface area contributed by atoms with Gasteiger partial charge in [0.05, 0.1) is 22.6 Å². The summed E-state index contributed by atoms with van der Waals surface area (Å²) in [6, 6.07) is 9.18. The van der Waals surface area contributed by atoms with Crippen LogP contribution in [0.25, 0.3) is 5.65 Å². The van der Waals surface area contributed by atoms with Gasteiger partial charge in [-0.05, 0) is 29.8 Å². The third-order valence-corrected chi connectivity index (χ3v) is 4.50. The van der Waals surface area contributed by atoms with Crippen molar-refractivity contribution in [1.82, 2.24) is 9.38 Å². The van der Waals surface area contributed by atoms with E-state index in [0.29, 0.717) is 16.2 Å². The summed E-state index contributed by atoms with van der Waals surface area (Å²) in [7, 11) is 0. The molecule has 1 aromatic carbocycles. The van der Waals surface area contributed by atoms with Gasteiger partial charge < -0.3 is 9.84 Å². The smallest absolute Gasteiger partial charge is 0.335 e. The van der Waals surface area contributed by atoms with Gasteiger partial charge in [-0.15, -0.1) is 0 Å². The maximum atomic E-state index is 13.0. The lowest BCUT2D eigenvalue weighted by molar-refractivity contribution is -0.135. The van der Waals surface area contributed by atoms with E-state index in [-0.39, 0.29) is 29.0 Å². The number of carbonyl (C=O) groups excluding carboxylic acids is 1. The Labute approximate surface area is 151 Å². The predicted molar refractivity (Wildman–Crippen MR) is 92.0 cm³/mol. The van der Waals surface area contributed by atoms with E-state index < -0.39 is 17.9 Å². The number of esters is 1. The molecule has 8 heteroatoms. The van der Waals surface area contributed by atoms with Crippen molar-refractivity contribution in [2.45, 2.75) is 12.3 Å². The molecule has 2 aromatic heterocycles. The molecule has 7 nitrogen and oxygen atoms in total. The van der Waals surface area contributed by atoms with Gasteiger partial charge in [0.25, 0.3) is 5.56 Å². The standard InChI is InChI=1S/C18H11ClN2O5/c19-11-5-6-13-20-16-15(17(23)21(13)8-11)12(7-14(22)26-16)9-1-3-10(4-2-9)18(24)25/h1-6,8,12H,7H2,(H,24,25)/t12-/m0/s1. The number of hydrogen-bond acceptors (Lipinski definition) is 5. The van der Waals surface area contributed by atoms with E-state index in [2.05, 4.69) is 4.98 Å². The first-order chi connectivity index (χ1) is 12.4. The fourth-order valence-electron chi connectivity index (χ4n) is 3.04. The highest BCUT2D eigenvalue weighted by atomic mass is 35.5. The summed E-state index contributed by atoms with van der Waals surface area (Å²) in [5.74, 6) is -2.16. The van der Waals surface area contributed by atoms with Crippen LogP contribution in [-0.2, 0) is 4.79 Å². The lowest BCUT2D eigenvalue weighted by atomic mass is 9.88. The average Bonchev–Trinajstić information content (AvgIpc) is 2.62. The third-order valence-electron chi connectivity index (χ3n) is 4.28. The highest BCUT2D eigenvalue weighted by molar-refractivity contribution is 6.30. The van der Waals surface area contributed by atoms with Gasteiger partial charge in [-0.25, -0.2) is 4.79 Å². The quantitative estimate of drug-likeness (QED) is 0.696. The van der Waals surface area contributed by atoms with Crippen LogP contribution in [0.1, 0.15) is 33.8 Å². The monoisotopic (exact) mass is 370 g/mol. The molecule has 1 aliphatic heterocycles. The minimum atomic E-state index is -1.05. The number of aromatic nitrogens is 2. The van der Waals surface area contributed by atoms with Gasteiger partial charge in [-0.3, -0.25) is 14.0 Å². The number of pyridine rings is 1. The number of hydrogen-bond donors (Lipinski definition) is 1. The van der Waals surface area contributed by atoms with Crippen LogP contribution in [-0.4, -0.2) is 26.4 Å². The Morgan fingerprint density at radius 3 is 2.62 bits per heavy atom. The number of carbonyl (C=O) groups is 2. The Balaban J connectivity index is 1.92. The van der Waals surface area contributed by atoms with Gasteiger partial charge in [0.1, 0.15) is 5.65 Å². The van der Waals surface area contributed by atoms with Gasteiger partial charge >= 0.3 is 11.9 Å². The van der Waals surface area contributed by atoms with Gasteiger partial charge in [-0.1, -0.05) is 23.7 Å². The lowest BCUT2D eigenvalue weighted by Gasteiger charge is -2.23. The number of fused-ring (bicyclic) bond motifs is 2. The van der Waals surface area contributed by atoms with Crippen LogP contribution in [0.5, 0.6) is 5.88 Å². The molecule has 0 bridgehead atoms. The largest absolute Gasteiger partial charge is 0.478 e. The van der Waals surface area contributed by atoms with E-state index in [1.165, 1.54) is 22.7 Å². The highest BCUT2D eigenvalue weighted by Crippen LogP contribution is 2.35. The van der Waals surface area contributed by atoms with Crippen LogP contribution in [0.4, 0.5) is 0 Å². The second-order valence-electron chi connectivity index (χ2n) is 5.87. The molecule has 1 aliphatic rings. The zero-order valence-electron chi connectivity index (χ0n) is 13.2. The molecule has 0 spiro atoms. The summed E-state index contributed by atoms with van der Waals surface area (Å²) in [5, 5.41) is 9.40. The van der Waals surface area contributed by atoms with Crippen molar-refractivity contribution >= 4 is 29.2 Å².